The van der Waals surface area contributed by atoms with E-state index in [4.69, 9.17) is 0 Å². The van der Waals surface area contributed by atoms with Gasteiger partial charge in [0, 0.05) is 6.20 Å². The Morgan fingerprint density at radius 1 is 1.39 bits per heavy atom. The SMILES string of the molecule is Cc1cc([N+](=O)[O-])nn1CC(C)C(=O)Nc1cnn(Cc2cccc(F)c2)c1. The maximum atomic E-state index is 13.3. The zero-order chi connectivity index (χ0) is 20.3. The van der Waals surface area contributed by atoms with Crippen LogP contribution in [0, 0.1) is 28.8 Å². The van der Waals surface area contributed by atoms with Gasteiger partial charge in [-0.3, -0.25) is 9.48 Å². The van der Waals surface area contributed by atoms with Crippen molar-refractivity contribution in [2.24, 2.45) is 5.92 Å². The van der Waals surface area contributed by atoms with E-state index in [0.29, 0.717) is 17.9 Å². The zero-order valence-corrected chi connectivity index (χ0v) is 15.4. The standard InChI is InChI=1S/C18H19FN6O3/c1-12(9-24-13(2)6-17(22-24)25(27)28)18(26)21-16-8-20-23(11-16)10-14-4-3-5-15(19)7-14/h3-8,11-12H,9-10H2,1-2H3,(H,21,26). The third-order valence-electron chi connectivity index (χ3n) is 4.18. The lowest BCUT2D eigenvalue weighted by Crippen LogP contribution is -2.25. The number of hydrogen-bond acceptors (Lipinski definition) is 5. The summed E-state index contributed by atoms with van der Waals surface area (Å²) in [5, 5.41) is 21.6. The summed E-state index contributed by atoms with van der Waals surface area (Å²) in [6.07, 6.45) is 3.16. The van der Waals surface area contributed by atoms with Gasteiger partial charge in [0.05, 0.1) is 47.8 Å². The van der Waals surface area contributed by atoms with Crippen molar-refractivity contribution in [2.75, 3.05) is 5.32 Å². The minimum Gasteiger partial charge on any atom is -0.358 e. The van der Waals surface area contributed by atoms with Crippen molar-refractivity contribution in [3.8, 4) is 0 Å². The molecule has 10 heteroatoms. The molecule has 0 saturated carbocycles. The van der Waals surface area contributed by atoms with Gasteiger partial charge in [0.15, 0.2) is 0 Å². The number of amides is 1. The third kappa shape index (κ3) is 4.58. The number of nitro groups is 1. The van der Waals surface area contributed by atoms with Gasteiger partial charge in [-0.1, -0.05) is 19.1 Å². The van der Waals surface area contributed by atoms with Crippen molar-refractivity contribution in [3.63, 3.8) is 0 Å². The fraction of sp³-hybridized carbons (Fsp3) is 0.278. The number of carbonyl (C=O) groups is 1. The molecule has 3 aromatic rings. The molecule has 0 spiro atoms. The first-order valence-electron chi connectivity index (χ1n) is 8.58. The van der Waals surface area contributed by atoms with Gasteiger partial charge in [0.1, 0.15) is 5.82 Å². The largest absolute Gasteiger partial charge is 0.390 e. The summed E-state index contributed by atoms with van der Waals surface area (Å²) >= 11 is 0. The highest BCUT2D eigenvalue weighted by Crippen LogP contribution is 2.15. The Morgan fingerprint density at radius 2 is 2.18 bits per heavy atom. The average Bonchev–Trinajstić information content (AvgIpc) is 3.22. The number of halogens is 1. The van der Waals surface area contributed by atoms with E-state index in [1.165, 1.54) is 29.1 Å². The predicted molar refractivity (Wildman–Crippen MR) is 99.1 cm³/mol. The topological polar surface area (TPSA) is 108 Å². The Kier molecular flexibility index (Phi) is 5.48. The molecule has 0 fully saturated rings. The van der Waals surface area contributed by atoms with Gasteiger partial charge in [-0.05, 0) is 29.5 Å². The van der Waals surface area contributed by atoms with Crippen LogP contribution in [0.15, 0.2) is 42.7 Å². The highest BCUT2D eigenvalue weighted by atomic mass is 19.1. The number of anilines is 1. The van der Waals surface area contributed by atoms with Crippen molar-refractivity contribution in [1.82, 2.24) is 19.6 Å². The van der Waals surface area contributed by atoms with Gasteiger partial charge in [-0.25, -0.2) is 4.39 Å². The number of aryl methyl sites for hydroxylation is 1. The lowest BCUT2D eigenvalue weighted by molar-refractivity contribution is -0.389. The number of carbonyl (C=O) groups excluding carboxylic acids is 1. The predicted octanol–water partition coefficient (Wildman–Crippen LogP) is 2.76. The van der Waals surface area contributed by atoms with Crippen molar-refractivity contribution < 1.29 is 14.1 Å². The van der Waals surface area contributed by atoms with E-state index in [1.807, 2.05) is 0 Å². The van der Waals surface area contributed by atoms with Gasteiger partial charge >= 0.3 is 5.82 Å². The van der Waals surface area contributed by atoms with Crippen LogP contribution in [0.5, 0.6) is 0 Å². The van der Waals surface area contributed by atoms with Crippen LogP contribution in [0.2, 0.25) is 0 Å². The summed E-state index contributed by atoms with van der Waals surface area (Å²) in [4.78, 5) is 22.6. The quantitative estimate of drug-likeness (QED) is 0.496. The molecule has 2 heterocycles. The van der Waals surface area contributed by atoms with Gasteiger partial charge in [0.25, 0.3) is 0 Å². The molecule has 0 aliphatic rings. The molecule has 1 atom stereocenters. The zero-order valence-electron chi connectivity index (χ0n) is 15.4. The molecule has 9 nitrogen and oxygen atoms in total. The molecule has 0 aliphatic heterocycles. The van der Waals surface area contributed by atoms with Crippen LogP contribution in [-0.4, -0.2) is 30.4 Å². The normalized spacial score (nSPS) is 12.0. The Balaban J connectivity index is 1.60. The van der Waals surface area contributed by atoms with E-state index in [1.54, 1.807) is 36.9 Å². The summed E-state index contributed by atoms with van der Waals surface area (Å²) in [7, 11) is 0. The van der Waals surface area contributed by atoms with Gasteiger partial charge in [-0.2, -0.15) is 9.78 Å². The molecule has 1 aromatic carbocycles. The first kappa shape index (κ1) is 19.2. The van der Waals surface area contributed by atoms with Gasteiger partial charge in [-0.15, -0.1) is 0 Å². The maximum Gasteiger partial charge on any atom is 0.390 e. The van der Waals surface area contributed by atoms with Crippen molar-refractivity contribution in [2.45, 2.75) is 26.9 Å². The van der Waals surface area contributed by atoms with Crippen LogP contribution < -0.4 is 5.32 Å². The van der Waals surface area contributed by atoms with Crippen molar-refractivity contribution >= 4 is 17.4 Å². The van der Waals surface area contributed by atoms with Crippen LogP contribution >= 0.6 is 0 Å². The summed E-state index contributed by atoms with van der Waals surface area (Å²) in [6.45, 7) is 3.99. The number of rotatable bonds is 7. The summed E-state index contributed by atoms with van der Waals surface area (Å²) in [5.41, 5.74) is 1.87. The monoisotopic (exact) mass is 386 g/mol. The van der Waals surface area contributed by atoms with Crippen LogP contribution in [-0.2, 0) is 17.9 Å². The number of nitrogens with one attached hydrogen (secondary N) is 1. The number of aromatic nitrogens is 4. The van der Waals surface area contributed by atoms with Crippen LogP contribution in [0.1, 0.15) is 18.2 Å². The first-order chi connectivity index (χ1) is 13.3. The molecule has 0 radical (unpaired) electrons. The molecule has 146 valence electrons. The minimum atomic E-state index is -0.568. The molecule has 0 aliphatic carbocycles. The van der Waals surface area contributed by atoms with E-state index < -0.39 is 10.8 Å². The smallest absolute Gasteiger partial charge is 0.358 e. The molecule has 1 N–H and O–H groups in total. The third-order valence-corrected chi connectivity index (χ3v) is 4.18. The number of hydrogen-bond donors (Lipinski definition) is 1. The molecule has 0 bridgehead atoms. The van der Waals surface area contributed by atoms with Crippen LogP contribution in [0.4, 0.5) is 15.9 Å². The fourth-order valence-corrected chi connectivity index (χ4v) is 2.71. The fourth-order valence-electron chi connectivity index (χ4n) is 2.71. The highest BCUT2D eigenvalue weighted by Gasteiger charge is 2.21. The molecule has 3 rings (SSSR count). The second-order valence-corrected chi connectivity index (χ2v) is 6.53. The molecular formula is C18H19FN6O3. The number of nitrogens with zero attached hydrogens (tertiary/aromatic N) is 5. The lowest BCUT2D eigenvalue weighted by atomic mass is 10.1. The molecule has 1 unspecified atom stereocenters. The Labute approximate surface area is 159 Å². The minimum absolute atomic E-state index is 0.211. The Bertz CT molecular complexity index is 1010. The van der Waals surface area contributed by atoms with Crippen molar-refractivity contribution in [3.05, 3.63) is 69.9 Å². The average molecular weight is 386 g/mol. The summed E-state index contributed by atoms with van der Waals surface area (Å²) in [5.74, 6) is -1.29. The van der Waals surface area contributed by atoms with Gasteiger partial charge in [0.2, 0.25) is 5.91 Å². The summed E-state index contributed by atoms with van der Waals surface area (Å²) in [6, 6.07) is 7.57. The number of benzene rings is 1. The molecule has 2 aromatic heterocycles. The molecule has 0 saturated heterocycles. The van der Waals surface area contributed by atoms with Crippen LogP contribution in [0.3, 0.4) is 0 Å². The molecule has 28 heavy (non-hydrogen) atoms. The van der Waals surface area contributed by atoms with Gasteiger partial charge < -0.3 is 15.4 Å². The van der Waals surface area contributed by atoms with E-state index >= 15 is 0 Å². The van der Waals surface area contributed by atoms with E-state index in [2.05, 4.69) is 15.5 Å². The molecular weight excluding hydrogens is 367 g/mol. The second kappa shape index (κ2) is 7.99. The maximum absolute atomic E-state index is 13.3. The van der Waals surface area contributed by atoms with Crippen LogP contribution in [0.25, 0.3) is 0 Å². The van der Waals surface area contributed by atoms with E-state index in [0.717, 1.165) is 5.56 Å². The first-order valence-corrected chi connectivity index (χ1v) is 8.58. The summed E-state index contributed by atoms with van der Waals surface area (Å²) < 4.78 is 16.3. The van der Waals surface area contributed by atoms with E-state index in [-0.39, 0.29) is 24.1 Å². The lowest BCUT2D eigenvalue weighted by Gasteiger charge is -2.10. The molecule has 1 amide bonds. The Hall–Kier alpha value is -3.56. The Morgan fingerprint density at radius 3 is 2.86 bits per heavy atom. The highest BCUT2D eigenvalue weighted by molar-refractivity contribution is 5.91. The second-order valence-electron chi connectivity index (χ2n) is 6.53. The van der Waals surface area contributed by atoms with Crippen molar-refractivity contribution in [1.29, 1.82) is 0 Å². The van der Waals surface area contributed by atoms with E-state index in [9.17, 15) is 19.3 Å².